The average Bonchev–Trinajstić information content (AvgIpc) is 3.90. The number of rotatable bonds is 4. The van der Waals surface area contributed by atoms with Gasteiger partial charge >= 0.3 is 0 Å². The van der Waals surface area contributed by atoms with Crippen molar-refractivity contribution >= 4 is 91.4 Å². The number of para-hydroxylation sites is 2. The van der Waals surface area contributed by atoms with E-state index in [-0.39, 0.29) is 0 Å². The van der Waals surface area contributed by atoms with Gasteiger partial charge in [-0.05, 0) is 96.2 Å². The van der Waals surface area contributed by atoms with E-state index in [0.717, 1.165) is 38.8 Å². The number of nitrogens with zero attached hydrogens (tertiary/aromatic N) is 3. The number of aromatic nitrogens is 3. The molecule has 0 spiro atoms. The van der Waals surface area contributed by atoms with Crippen molar-refractivity contribution in [3.05, 3.63) is 200 Å². The maximum Gasteiger partial charge on any atom is 0.156 e. The Kier molecular flexibility index (Phi) is 7.18. The normalized spacial score (nSPS) is 12.0. The molecule has 4 heterocycles. The van der Waals surface area contributed by atoms with Crippen LogP contribution in [0.5, 0.6) is 0 Å². The van der Waals surface area contributed by atoms with E-state index in [1.165, 1.54) is 85.9 Å². The van der Waals surface area contributed by atoms with Crippen LogP contribution < -0.4 is 0 Å². The molecule has 0 aliphatic carbocycles. The first-order valence-electron chi connectivity index (χ1n) is 20.4. The second-order valence-corrected chi connectivity index (χ2v) is 16.7. The highest BCUT2D eigenvalue weighted by Crippen LogP contribution is 2.44. The molecule has 0 bridgehead atoms. The Morgan fingerprint density at radius 3 is 1.78 bits per heavy atom. The van der Waals surface area contributed by atoms with Crippen LogP contribution >= 0.6 is 11.3 Å². The topological polar surface area (TPSA) is 30.2 Å². The number of hydrogen-bond donors (Lipinski definition) is 0. The second-order valence-electron chi connectivity index (χ2n) is 15.7. The Labute approximate surface area is 349 Å². The minimum atomic E-state index is 1.01. The quantitative estimate of drug-likeness (QED) is 0.167. The highest BCUT2D eigenvalue weighted by Gasteiger charge is 2.19. The number of benzene rings is 9. The van der Waals surface area contributed by atoms with Crippen molar-refractivity contribution in [3.63, 3.8) is 0 Å². The summed E-state index contributed by atoms with van der Waals surface area (Å²) in [7, 11) is 0. The maximum absolute atomic E-state index is 5.25. The van der Waals surface area contributed by atoms with E-state index in [0.29, 0.717) is 0 Å². The van der Waals surface area contributed by atoms with Gasteiger partial charge in [0.25, 0.3) is 0 Å². The van der Waals surface area contributed by atoms with Crippen molar-refractivity contribution in [2.24, 2.45) is 0 Å². The van der Waals surface area contributed by atoms with Gasteiger partial charge in [-0.2, -0.15) is 0 Å². The number of pyridine rings is 2. The van der Waals surface area contributed by atoms with E-state index in [1.54, 1.807) is 0 Å². The number of fused-ring (bicyclic) bond motifs is 13. The third kappa shape index (κ3) is 4.95. The van der Waals surface area contributed by atoms with Crippen molar-refractivity contribution in [1.82, 2.24) is 14.4 Å². The number of hydrogen-bond acceptors (Lipinski definition) is 3. The van der Waals surface area contributed by atoms with Crippen LogP contribution in [0.2, 0.25) is 0 Å². The van der Waals surface area contributed by atoms with Crippen molar-refractivity contribution in [3.8, 4) is 44.6 Å². The van der Waals surface area contributed by atoms with Crippen molar-refractivity contribution < 1.29 is 0 Å². The average molecular weight is 780 g/mol. The van der Waals surface area contributed by atoms with Gasteiger partial charge in [0, 0.05) is 32.4 Å². The summed E-state index contributed by atoms with van der Waals surface area (Å²) in [4.78, 5) is 9.97. The lowest BCUT2D eigenvalue weighted by molar-refractivity contribution is 1.25. The largest absolute Gasteiger partial charge is 0.291 e. The molecule has 3 nitrogen and oxygen atoms in total. The Morgan fingerprint density at radius 2 is 1.02 bits per heavy atom. The molecule has 0 fully saturated rings. The molecule has 0 unspecified atom stereocenters. The fourth-order valence-corrected chi connectivity index (χ4v) is 10.8. The highest BCUT2D eigenvalue weighted by molar-refractivity contribution is 7.26. The summed E-state index contributed by atoms with van der Waals surface area (Å²) in [6.45, 7) is 0. The summed E-state index contributed by atoms with van der Waals surface area (Å²) in [5.74, 6) is 0. The van der Waals surface area contributed by atoms with Crippen LogP contribution in [0.15, 0.2) is 200 Å². The molecule has 0 aliphatic heterocycles. The van der Waals surface area contributed by atoms with Gasteiger partial charge in [0.15, 0.2) is 5.65 Å². The van der Waals surface area contributed by atoms with E-state index >= 15 is 0 Å². The fraction of sp³-hybridized carbons (Fsp3) is 0. The zero-order valence-electron chi connectivity index (χ0n) is 32.3. The molecule has 0 aliphatic rings. The summed E-state index contributed by atoms with van der Waals surface area (Å²) < 4.78 is 4.87. The van der Waals surface area contributed by atoms with E-state index in [1.807, 2.05) is 23.6 Å². The molecule has 0 saturated heterocycles. The first-order valence-corrected chi connectivity index (χ1v) is 21.2. The minimum absolute atomic E-state index is 1.01. The first kappa shape index (κ1) is 33.3. The van der Waals surface area contributed by atoms with Gasteiger partial charge in [-0.25, -0.2) is 4.98 Å². The Bertz CT molecular complexity index is 3880. The molecular weight excluding hydrogens is 747 g/mol. The lowest BCUT2D eigenvalue weighted by atomic mass is 9.90. The van der Waals surface area contributed by atoms with Crippen molar-refractivity contribution in [2.75, 3.05) is 0 Å². The lowest BCUT2D eigenvalue weighted by Gasteiger charge is -2.14. The molecular formula is C56H33N3S. The molecule has 60 heavy (non-hydrogen) atoms. The van der Waals surface area contributed by atoms with Crippen LogP contribution in [0.1, 0.15) is 0 Å². The Balaban J connectivity index is 0.908. The molecule has 0 saturated carbocycles. The Hall–Kier alpha value is -7.66. The fourth-order valence-electron chi connectivity index (χ4n) is 9.64. The summed E-state index contributed by atoms with van der Waals surface area (Å²) >= 11 is 1.84. The molecule has 4 heteroatoms. The van der Waals surface area contributed by atoms with Gasteiger partial charge in [-0.3, -0.25) is 9.38 Å². The van der Waals surface area contributed by atoms with Crippen LogP contribution in [0.3, 0.4) is 0 Å². The molecule has 13 rings (SSSR count). The number of imidazole rings is 1. The standard InChI is InChI=1S/C56H33N3S/c1-2-11-43-34(9-1)27-31-52-53(43)48-33-51(59-50-17-6-5-16-49(50)58-56(59)55(48)60-52)38-24-22-37(23-25-38)42-30-29-41(44-12-3-4-13-45(42)44)36-20-18-35(19-21-36)40-14-7-15-47-46(40)28-26-39-10-8-32-57-54(39)47/h1-33H. The van der Waals surface area contributed by atoms with Gasteiger partial charge < -0.3 is 0 Å². The third-order valence-corrected chi connectivity index (χ3v) is 13.6. The van der Waals surface area contributed by atoms with Gasteiger partial charge in [-0.1, -0.05) is 164 Å². The Morgan fingerprint density at radius 1 is 0.417 bits per heavy atom. The van der Waals surface area contributed by atoms with Crippen LogP contribution in [-0.4, -0.2) is 14.4 Å². The van der Waals surface area contributed by atoms with Crippen molar-refractivity contribution in [1.29, 1.82) is 0 Å². The van der Waals surface area contributed by atoms with Gasteiger partial charge in [0.1, 0.15) is 0 Å². The molecule has 13 aromatic rings. The molecule has 4 aromatic heterocycles. The van der Waals surface area contributed by atoms with Crippen LogP contribution in [0.25, 0.3) is 125 Å². The van der Waals surface area contributed by atoms with Crippen LogP contribution in [0.4, 0.5) is 0 Å². The smallest absolute Gasteiger partial charge is 0.156 e. The zero-order valence-corrected chi connectivity index (χ0v) is 33.1. The maximum atomic E-state index is 5.25. The van der Waals surface area contributed by atoms with Crippen LogP contribution in [-0.2, 0) is 0 Å². The van der Waals surface area contributed by atoms with E-state index < -0.39 is 0 Å². The number of thiophene rings is 1. The minimum Gasteiger partial charge on any atom is -0.291 e. The summed E-state index contributed by atoms with van der Waals surface area (Å²) in [6.07, 6.45) is 1.88. The van der Waals surface area contributed by atoms with E-state index in [2.05, 4.69) is 192 Å². The third-order valence-electron chi connectivity index (χ3n) is 12.5. The summed E-state index contributed by atoms with van der Waals surface area (Å²) in [5, 5.41) is 11.1. The second kappa shape index (κ2) is 12.9. The molecule has 0 amide bonds. The monoisotopic (exact) mass is 779 g/mol. The van der Waals surface area contributed by atoms with E-state index in [9.17, 15) is 0 Å². The van der Waals surface area contributed by atoms with Gasteiger partial charge in [0.05, 0.1) is 26.9 Å². The van der Waals surface area contributed by atoms with Gasteiger partial charge in [-0.15, -0.1) is 11.3 Å². The molecule has 0 radical (unpaired) electrons. The molecule has 0 N–H and O–H groups in total. The lowest BCUT2D eigenvalue weighted by Crippen LogP contribution is -1.93. The predicted molar refractivity (Wildman–Crippen MR) is 255 cm³/mol. The van der Waals surface area contributed by atoms with Crippen LogP contribution in [0, 0.1) is 0 Å². The summed E-state index contributed by atoms with van der Waals surface area (Å²) in [5.41, 5.74) is 13.7. The zero-order chi connectivity index (χ0) is 39.3. The van der Waals surface area contributed by atoms with E-state index in [4.69, 9.17) is 9.97 Å². The van der Waals surface area contributed by atoms with Crippen molar-refractivity contribution in [2.45, 2.75) is 0 Å². The highest BCUT2D eigenvalue weighted by atomic mass is 32.1. The molecule has 278 valence electrons. The molecule has 9 aromatic carbocycles. The first-order chi connectivity index (χ1) is 29.7. The summed E-state index contributed by atoms with van der Waals surface area (Å²) in [6, 6.07) is 70.8. The predicted octanol–water partition coefficient (Wildman–Crippen LogP) is 15.5. The molecule has 0 atom stereocenters. The SMILES string of the molecule is c1ccc2c(c1)ccc1sc3c(cc(-c4ccc(-c5ccc(-c6ccc(-c7cccc8c7ccc7cccnc78)cc6)c6ccccc56)cc4)n4c5ccccc5nc34)c12. The van der Waals surface area contributed by atoms with Gasteiger partial charge in [0.2, 0.25) is 0 Å².